The average Bonchev–Trinajstić information content (AvgIpc) is 3.00. The molecule has 1 saturated heterocycles. The molecule has 0 radical (unpaired) electrons. The Morgan fingerprint density at radius 3 is 2.96 bits per heavy atom. The second-order valence-electron chi connectivity index (χ2n) is 7.63. The van der Waals surface area contributed by atoms with Gasteiger partial charge in [-0.3, -0.25) is 4.90 Å². The lowest BCUT2D eigenvalue weighted by molar-refractivity contribution is -0.150. The van der Waals surface area contributed by atoms with Gasteiger partial charge < -0.3 is 15.2 Å². The third-order valence-corrected chi connectivity index (χ3v) is 6.42. The molecule has 5 nitrogen and oxygen atoms in total. The zero-order chi connectivity index (χ0) is 17.6. The van der Waals surface area contributed by atoms with E-state index < -0.39 is 12.1 Å². The monoisotopic (exact) mass is 342 g/mol. The molecule has 2 aliphatic heterocycles. The zero-order valence-corrected chi connectivity index (χ0v) is 14.7. The van der Waals surface area contributed by atoms with Crippen LogP contribution in [0.4, 0.5) is 0 Å². The smallest absolute Gasteiger partial charge is 0.332 e. The number of nitrogens with zero attached hydrogens (tertiary/aromatic N) is 1. The van der Waals surface area contributed by atoms with Gasteiger partial charge in [-0.2, -0.15) is 0 Å². The van der Waals surface area contributed by atoms with Crippen molar-refractivity contribution in [1.82, 2.24) is 9.88 Å². The number of piperidine rings is 1. The summed E-state index contributed by atoms with van der Waals surface area (Å²) < 4.78 is 0. The lowest BCUT2D eigenvalue weighted by Gasteiger charge is -2.52. The normalized spacial score (nSPS) is 27.7. The van der Waals surface area contributed by atoms with Crippen LogP contribution in [0.2, 0.25) is 0 Å². The number of fused-ring (bicyclic) bond motifs is 5. The molecule has 1 fully saturated rings. The number of benzene rings is 1. The Balaban J connectivity index is 1.82. The van der Waals surface area contributed by atoms with Crippen molar-refractivity contribution in [2.45, 2.75) is 51.2 Å². The molecular formula is C20H26N2O3. The molecule has 0 aliphatic carbocycles. The van der Waals surface area contributed by atoms with Crippen molar-refractivity contribution in [3.63, 3.8) is 0 Å². The summed E-state index contributed by atoms with van der Waals surface area (Å²) in [4.78, 5) is 17.4. The first-order chi connectivity index (χ1) is 12.1. The average molecular weight is 342 g/mol. The highest BCUT2D eigenvalue weighted by Crippen LogP contribution is 2.53. The highest BCUT2D eigenvalue weighted by atomic mass is 16.4. The van der Waals surface area contributed by atoms with Gasteiger partial charge in [0.05, 0.1) is 6.04 Å². The van der Waals surface area contributed by atoms with Gasteiger partial charge in [0.15, 0.2) is 6.10 Å². The van der Waals surface area contributed by atoms with Crippen LogP contribution in [0.25, 0.3) is 10.9 Å². The van der Waals surface area contributed by atoms with E-state index in [4.69, 9.17) is 0 Å². The molecule has 0 saturated carbocycles. The minimum Gasteiger partial charge on any atom is -0.479 e. The minimum atomic E-state index is -1.30. The fraction of sp³-hybridized carbons (Fsp3) is 0.550. The van der Waals surface area contributed by atoms with Crippen LogP contribution in [0.5, 0.6) is 0 Å². The predicted octanol–water partition coefficient (Wildman–Crippen LogP) is 3.09. The summed E-state index contributed by atoms with van der Waals surface area (Å²) in [6.07, 6.45) is 2.93. The molecule has 0 amide bonds. The molecule has 3 N–H and O–H groups in total. The zero-order valence-electron chi connectivity index (χ0n) is 14.7. The van der Waals surface area contributed by atoms with E-state index in [1.54, 1.807) is 0 Å². The van der Waals surface area contributed by atoms with Gasteiger partial charge in [-0.1, -0.05) is 25.1 Å². The number of aromatic nitrogens is 1. The van der Waals surface area contributed by atoms with Crippen LogP contribution in [0, 0.1) is 5.41 Å². The van der Waals surface area contributed by atoms with Crippen LogP contribution in [-0.4, -0.2) is 45.3 Å². The molecule has 2 aromatic rings. The highest BCUT2D eigenvalue weighted by molar-refractivity contribution is 5.85. The van der Waals surface area contributed by atoms with Gasteiger partial charge in [-0.25, -0.2) is 4.79 Å². The molecule has 3 unspecified atom stereocenters. The molecule has 0 bridgehead atoms. The molecule has 5 heteroatoms. The standard InChI is InChI=1S/C20H26N2O3/c1-2-20(12-16(23)19(24)25)9-5-10-22-11-8-14-13-6-3-4-7-15(13)21-17(14)18(20)22/h3-4,6-7,16,18,21,23H,2,5,8-12H2,1H3,(H,24,25). The van der Waals surface area contributed by atoms with E-state index >= 15 is 0 Å². The second kappa shape index (κ2) is 6.15. The Hall–Kier alpha value is -1.85. The number of carboxylic acids is 1. The number of carboxylic acid groups (broad SMARTS) is 1. The fourth-order valence-electron chi connectivity index (χ4n) is 5.20. The number of H-pyrrole nitrogens is 1. The van der Waals surface area contributed by atoms with E-state index in [2.05, 4.69) is 35.0 Å². The molecule has 1 aromatic carbocycles. The van der Waals surface area contributed by atoms with Gasteiger partial charge in [-0.15, -0.1) is 0 Å². The summed E-state index contributed by atoms with van der Waals surface area (Å²) in [5.41, 5.74) is 3.57. The highest BCUT2D eigenvalue weighted by Gasteiger charge is 2.48. The van der Waals surface area contributed by atoms with E-state index in [0.717, 1.165) is 44.3 Å². The van der Waals surface area contributed by atoms with Gasteiger partial charge in [-0.05, 0) is 55.7 Å². The van der Waals surface area contributed by atoms with E-state index in [9.17, 15) is 15.0 Å². The number of aliphatic hydroxyl groups excluding tert-OH is 1. The second-order valence-corrected chi connectivity index (χ2v) is 7.63. The summed E-state index contributed by atoms with van der Waals surface area (Å²) in [6.45, 7) is 4.18. The number of aliphatic carboxylic acids is 1. The van der Waals surface area contributed by atoms with Crippen molar-refractivity contribution in [2.75, 3.05) is 13.1 Å². The molecule has 2 aliphatic rings. The van der Waals surface area contributed by atoms with E-state index in [1.807, 2.05) is 6.07 Å². The number of aliphatic hydroxyl groups is 1. The first-order valence-electron chi connectivity index (χ1n) is 9.30. The Kier molecular flexibility index (Phi) is 4.08. The molecule has 0 spiro atoms. The van der Waals surface area contributed by atoms with E-state index in [-0.39, 0.29) is 11.5 Å². The van der Waals surface area contributed by atoms with Crippen molar-refractivity contribution >= 4 is 16.9 Å². The quantitative estimate of drug-likeness (QED) is 0.798. The Morgan fingerprint density at radius 2 is 2.20 bits per heavy atom. The van der Waals surface area contributed by atoms with Gasteiger partial charge in [0.25, 0.3) is 0 Å². The summed E-state index contributed by atoms with van der Waals surface area (Å²) in [7, 11) is 0. The van der Waals surface area contributed by atoms with Crippen molar-refractivity contribution in [1.29, 1.82) is 0 Å². The van der Waals surface area contributed by atoms with Crippen molar-refractivity contribution < 1.29 is 15.0 Å². The van der Waals surface area contributed by atoms with Gasteiger partial charge in [0, 0.05) is 23.1 Å². The topological polar surface area (TPSA) is 76.6 Å². The SMILES string of the molecule is CCC1(CC(O)C(=O)O)CCCN2CCc3c([nH]c4ccccc34)C21. The van der Waals surface area contributed by atoms with Crippen LogP contribution in [0.3, 0.4) is 0 Å². The molecule has 3 atom stereocenters. The van der Waals surface area contributed by atoms with Gasteiger partial charge >= 0.3 is 5.97 Å². The summed E-state index contributed by atoms with van der Waals surface area (Å²) in [5, 5.41) is 20.7. The summed E-state index contributed by atoms with van der Waals surface area (Å²) >= 11 is 0. The van der Waals surface area contributed by atoms with Gasteiger partial charge in [0.2, 0.25) is 0 Å². The molecule has 3 heterocycles. The van der Waals surface area contributed by atoms with Crippen LogP contribution in [0.1, 0.15) is 49.9 Å². The van der Waals surface area contributed by atoms with Crippen LogP contribution in [0.15, 0.2) is 24.3 Å². The molecule has 134 valence electrons. The number of hydrogen-bond acceptors (Lipinski definition) is 3. The number of para-hydroxylation sites is 1. The summed E-state index contributed by atoms with van der Waals surface area (Å²) in [6, 6.07) is 8.56. The Labute approximate surface area is 147 Å². The minimum absolute atomic E-state index is 0.163. The number of hydrogen-bond donors (Lipinski definition) is 3. The predicted molar refractivity (Wildman–Crippen MR) is 96.5 cm³/mol. The maximum atomic E-state index is 11.3. The molecule has 25 heavy (non-hydrogen) atoms. The molecule has 4 rings (SSSR count). The number of nitrogens with one attached hydrogen (secondary N) is 1. The first-order valence-corrected chi connectivity index (χ1v) is 9.30. The van der Waals surface area contributed by atoms with E-state index in [1.165, 1.54) is 16.6 Å². The van der Waals surface area contributed by atoms with Crippen LogP contribution in [-0.2, 0) is 11.2 Å². The lowest BCUT2D eigenvalue weighted by atomic mass is 9.65. The Morgan fingerprint density at radius 1 is 1.40 bits per heavy atom. The number of carbonyl (C=O) groups is 1. The van der Waals surface area contributed by atoms with Crippen LogP contribution >= 0.6 is 0 Å². The maximum absolute atomic E-state index is 11.3. The number of aromatic amines is 1. The number of rotatable bonds is 4. The largest absolute Gasteiger partial charge is 0.479 e. The van der Waals surface area contributed by atoms with Crippen LogP contribution < -0.4 is 0 Å². The Bertz CT molecular complexity index is 799. The summed E-state index contributed by atoms with van der Waals surface area (Å²) in [5.74, 6) is -1.11. The lowest BCUT2D eigenvalue weighted by Crippen LogP contribution is -2.50. The van der Waals surface area contributed by atoms with Crippen molar-refractivity contribution in [3.8, 4) is 0 Å². The van der Waals surface area contributed by atoms with E-state index in [0.29, 0.717) is 6.42 Å². The van der Waals surface area contributed by atoms with Crippen molar-refractivity contribution in [3.05, 3.63) is 35.5 Å². The third kappa shape index (κ3) is 2.57. The van der Waals surface area contributed by atoms with Gasteiger partial charge in [0.1, 0.15) is 0 Å². The fourth-order valence-corrected chi connectivity index (χ4v) is 5.20. The van der Waals surface area contributed by atoms with Crippen molar-refractivity contribution in [2.24, 2.45) is 5.41 Å². The maximum Gasteiger partial charge on any atom is 0.332 e. The molecular weight excluding hydrogens is 316 g/mol. The molecule has 1 aromatic heterocycles. The first kappa shape index (κ1) is 16.6. The third-order valence-electron chi connectivity index (χ3n) is 6.42.